The van der Waals surface area contributed by atoms with Gasteiger partial charge in [-0.3, -0.25) is 0 Å². The van der Waals surface area contributed by atoms with Crippen molar-refractivity contribution >= 4 is 6.03 Å². The molecule has 2 aromatic heterocycles. The lowest BCUT2D eigenvalue weighted by atomic mass is 10.1. The molecule has 2 amide bonds. The maximum atomic E-state index is 12.2. The lowest BCUT2D eigenvalue weighted by molar-refractivity contribution is 0.197. The summed E-state index contributed by atoms with van der Waals surface area (Å²) in [5.41, 5.74) is 0.992. The van der Waals surface area contributed by atoms with Crippen LogP contribution in [0.1, 0.15) is 30.1 Å². The summed E-state index contributed by atoms with van der Waals surface area (Å²) in [5.74, 6) is 1.70. The average molecular weight is 317 g/mol. The minimum atomic E-state index is -0.0901. The number of imidazole rings is 1. The van der Waals surface area contributed by atoms with Gasteiger partial charge in [-0.1, -0.05) is 5.16 Å². The summed E-state index contributed by atoms with van der Waals surface area (Å²) in [6, 6.07) is 1.75. The minimum absolute atomic E-state index is 0.0901. The number of carbonyl (C=O) groups is 1. The number of hydrogen-bond acceptors (Lipinski definition) is 4. The molecule has 1 fully saturated rings. The first-order chi connectivity index (χ1) is 11.0. The standard InChI is InChI=1S/C16H23N5O2/c1-12-8-14(23-19-12)9-20(3)15(22)18-10-16(4-5-16)11-21-7-6-17-13(21)2/h6-8H,4-5,9-11H2,1-3H3,(H,18,22). The molecule has 0 atom stereocenters. The lowest BCUT2D eigenvalue weighted by Gasteiger charge is -2.21. The van der Waals surface area contributed by atoms with Crippen molar-refractivity contribution in [3.63, 3.8) is 0 Å². The molecule has 7 heteroatoms. The molecule has 7 nitrogen and oxygen atoms in total. The van der Waals surface area contributed by atoms with Crippen molar-refractivity contribution in [3.8, 4) is 0 Å². The van der Waals surface area contributed by atoms with E-state index in [9.17, 15) is 4.79 Å². The zero-order chi connectivity index (χ0) is 16.4. The fourth-order valence-corrected chi connectivity index (χ4v) is 2.69. The molecule has 1 aliphatic rings. The third-order valence-electron chi connectivity index (χ3n) is 4.42. The summed E-state index contributed by atoms with van der Waals surface area (Å²) in [6.07, 6.45) is 6.08. The molecule has 1 N–H and O–H groups in total. The van der Waals surface area contributed by atoms with E-state index in [2.05, 4.69) is 20.0 Å². The number of nitrogens with zero attached hydrogens (tertiary/aromatic N) is 4. The van der Waals surface area contributed by atoms with E-state index in [1.165, 1.54) is 0 Å². The number of hydrogen-bond donors (Lipinski definition) is 1. The molecule has 2 aromatic rings. The highest BCUT2D eigenvalue weighted by atomic mass is 16.5. The number of aromatic nitrogens is 3. The van der Waals surface area contributed by atoms with Crippen LogP contribution in [0.15, 0.2) is 23.0 Å². The van der Waals surface area contributed by atoms with Crippen molar-refractivity contribution in [2.75, 3.05) is 13.6 Å². The Morgan fingerprint density at radius 3 is 2.83 bits per heavy atom. The van der Waals surface area contributed by atoms with Crippen LogP contribution in [0.2, 0.25) is 0 Å². The Morgan fingerprint density at radius 2 is 2.26 bits per heavy atom. The predicted octanol–water partition coefficient (Wildman–Crippen LogP) is 2.11. The van der Waals surface area contributed by atoms with E-state index in [1.807, 2.05) is 32.3 Å². The normalized spacial score (nSPS) is 15.4. The minimum Gasteiger partial charge on any atom is -0.359 e. The van der Waals surface area contributed by atoms with E-state index in [-0.39, 0.29) is 11.4 Å². The van der Waals surface area contributed by atoms with E-state index in [0.717, 1.165) is 30.9 Å². The van der Waals surface area contributed by atoms with E-state index in [4.69, 9.17) is 4.52 Å². The van der Waals surface area contributed by atoms with Crippen LogP contribution in [0.4, 0.5) is 4.79 Å². The number of amides is 2. The fraction of sp³-hybridized carbons (Fsp3) is 0.562. The maximum absolute atomic E-state index is 12.2. The topological polar surface area (TPSA) is 76.2 Å². The molecule has 2 heterocycles. The van der Waals surface area contributed by atoms with Gasteiger partial charge in [0.25, 0.3) is 0 Å². The van der Waals surface area contributed by atoms with Crippen LogP contribution in [0.25, 0.3) is 0 Å². The summed E-state index contributed by atoms with van der Waals surface area (Å²) < 4.78 is 7.30. The van der Waals surface area contributed by atoms with Crippen LogP contribution in [0.5, 0.6) is 0 Å². The SMILES string of the molecule is Cc1cc(CN(C)C(=O)NCC2(Cn3ccnc3C)CC2)on1. The summed E-state index contributed by atoms with van der Waals surface area (Å²) >= 11 is 0. The van der Waals surface area contributed by atoms with E-state index >= 15 is 0 Å². The number of nitrogens with one attached hydrogen (secondary N) is 1. The summed E-state index contributed by atoms with van der Waals surface area (Å²) in [4.78, 5) is 18.1. The fourth-order valence-electron chi connectivity index (χ4n) is 2.69. The van der Waals surface area contributed by atoms with E-state index < -0.39 is 0 Å². The van der Waals surface area contributed by atoms with Crippen molar-refractivity contribution < 1.29 is 9.32 Å². The first-order valence-corrected chi connectivity index (χ1v) is 7.86. The molecule has 23 heavy (non-hydrogen) atoms. The third kappa shape index (κ3) is 3.72. The molecule has 1 saturated carbocycles. The summed E-state index contributed by atoms with van der Waals surface area (Å²) in [6.45, 7) is 5.87. The molecule has 0 saturated heterocycles. The highest BCUT2D eigenvalue weighted by molar-refractivity contribution is 5.73. The Balaban J connectivity index is 1.49. The molecule has 0 unspecified atom stereocenters. The largest absolute Gasteiger partial charge is 0.359 e. The maximum Gasteiger partial charge on any atom is 0.317 e. The summed E-state index contributed by atoms with van der Waals surface area (Å²) in [7, 11) is 1.76. The zero-order valence-corrected chi connectivity index (χ0v) is 13.9. The number of rotatable bonds is 6. The lowest BCUT2D eigenvalue weighted by Crippen LogP contribution is -2.40. The van der Waals surface area contributed by atoms with Crippen LogP contribution in [0.3, 0.4) is 0 Å². The van der Waals surface area contributed by atoms with Gasteiger partial charge < -0.3 is 19.3 Å². The van der Waals surface area contributed by atoms with Crippen molar-refractivity contribution in [1.29, 1.82) is 0 Å². The van der Waals surface area contributed by atoms with Crippen molar-refractivity contribution in [1.82, 2.24) is 24.9 Å². The van der Waals surface area contributed by atoms with Gasteiger partial charge in [-0.2, -0.15) is 0 Å². The second-order valence-electron chi connectivity index (χ2n) is 6.55. The highest BCUT2D eigenvalue weighted by Crippen LogP contribution is 2.46. The van der Waals surface area contributed by atoms with Gasteiger partial charge in [0.15, 0.2) is 5.76 Å². The Kier molecular flexibility index (Phi) is 4.11. The highest BCUT2D eigenvalue weighted by Gasteiger charge is 2.43. The summed E-state index contributed by atoms with van der Waals surface area (Å²) in [5, 5.41) is 6.87. The molecule has 0 spiro atoms. The molecule has 0 radical (unpaired) electrons. The van der Waals surface area contributed by atoms with Crippen molar-refractivity contribution in [2.24, 2.45) is 5.41 Å². The quantitative estimate of drug-likeness (QED) is 0.885. The first-order valence-electron chi connectivity index (χ1n) is 7.86. The number of carbonyl (C=O) groups excluding carboxylic acids is 1. The van der Waals surface area contributed by atoms with Crippen LogP contribution < -0.4 is 5.32 Å². The van der Waals surface area contributed by atoms with Crippen LogP contribution in [-0.4, -0.2) is 39.2 Å². The second-order valence-corrected chi connectivity index (χ2v) is 6.55. The molecule has 3 rings (SSSR count). The Labute approximate surface area is 135 Å². The smallest absolute Gasteiger partial charge is 0.317 e. The van der Waals surface area contributed by atoms with Crippen molar-refractivity contribution in [3.05, 3.63) is 35.7 Å². The Hall–Kier alpha value is -2.31. The van der Waals surface area contributed by atoms with Crippen LogP contribution >= 0.6 is 0 Å². The van der Waals surface area contributed by atoms with E-state index in [1.54, 1.807) is 11.9 Å². The van der Waals surface area contributed by atoms with Gasteiger partial charge in [0.05, 0.1) is 12.2 Å². The number of urea groups is 1. The second kappa shape index (κ2) is 6.06. The van der Waals surface area contributed by atoms with Gasteiger partial charge in [0.2, 0.25) is 0 Å². The van der Waals surface area contributed by atoms with Crippen LogP contribution in [0, 0.1) is 19.3 Å². The van der Waals surface area contributed by atoms with Crippen LogP contribution in [-0.2, 0) is 13.1 Å². The molecule has 124 valence electrons. The molecule has 0 aromatic carbocycles. The molecular weight excluding hydrogens is 294 g/mol. The predicted molar refractivity (Wildman–Crippen MR) is 84.7 cm³/mol. The Morgan fingerprint density at radius 1 is 1.48 bits per heavy atom. The Bertz CT molecular complexity index is 686. The average Bonchev–Trinajstić information content (AvgIpc) is 2.99. The monoisotopic (exact) mass is 317 g/mol. The molecule has 0 bridgehead atoms. The first kappa shape index (κ1) is 15.6. The van der Waals surface area contributed by atoms with Gasteiger partial charge in [-0.05, 0) is 26.7 Å². The van der Waals surface area contributed by atoms with Gasteiger partial charge in [0.1, 0.15) is 5.82 Å². The molecule has 1 aliphatic carbocycles. The third-order valence-corrected chi connectivity index (χ3v) is 4.42. The van der Waals surface area contributed by atoms with Gasteiger partial charge in [-0.15, -0.1) is 0 Å². The van der Waals surface area contributed by atoms with Gasteiger partial charge >= 0.3 is 6.03 Å². The number of aryl methyl sites for hydroxylation is 2. The molecular formula is C16H23N5O2. The van der Waals surface area contributed by atoms with E-state index in [0.29, 0.717) is 18.8 Å². The van der Waals surface area contributed by atoms with Crippen molar-refractivity contribution in [2.45, 2.75) is 39.8 Å². The van der Waals surface area contributed by atoms with Gasteiger partial charge in [0, 0.05) is 44.0 Å². The zero-order valence-electron chi connectivity index (χ0n) is 13.9. The molecule has 0 aliphatic heterocycles. The van der Waals surface area contributed by atoms with Gasteiger partial charge in [-0.25, -0.2) is 9.78 Å².